The lowest BCUT2D eigenvalue weighted by Gasteiger charge is -2.13. The maximum atomic E-state index is 5.03. The van der Waals surface area contributed by atoms with Gasteiger partial charge in [0.1, 0.15) is 0 Å². The van der Waals surface area contributed by atoms with Crippen molar-refractivity contribution < 1.29 is 4.74 Å². The third-order valence-corrected chi connectivity index (χ3v) is 4.84. The van der Waals surface area contributed by atoms with Gasteiger partial charge in [-0.25, -0.2) is 0 Å². The van der Waals surface area contributed by atoms with Crippen LogP contribution in [0.25, 0.3) is 0 Å². The summed E-state index contributed by atoms with van der Waals surface area (Å²) >= 11 is 1.91. The summed E-state index contributed by atoms with van der Waals surface area (Å²) in [5.74, 6) is 0.827. The molecule has 3 heteroatoms. The normalized spacial score (nSPS) is 28.2. The van der Waals surface area contributed by atoms with E-state index in [4.69, 9.17) is 4.74 Å². The van der Waals surface area contributed by atoms with Gasteiger partial charge in [-0.2, -0.15) is 0 Å². The lowest BCUT2D eigenvalue weighted by molar-refractivity contribution is 0.199. The molecule has 2 nitrogen and oxygen atoms in total. The molecule has 1 aliphatic rings. The van der Waals surface area contributed by atoms with Gasteiger partial charge < -0.3 is 10.1 Å². The van der Waals surface area contributed by atoms with E-state index in [1.807, 2.05) is 11.3 Å². The standard InChI is InChI=1S/C13H21NOS/c1-3-13(12-5-4-8-16-12)9-11(13)10-14-6-7-15-2/h4-5,8,11,14H,3,6-7,9-10H2,1-2H3. The van der Waals surface area contributed by atoms with Crippen LogP contribution in [0.3, 0.4) is 0 Å². The van der Waals surface area contributed by atoms with Crippen molar-refractivity contribution in [1.82, 2.24) is 5.32 Å². The van der Waals surface area contributed by atoms with Crippen LogP contribution in [0.5, 0.6) is 0 Å². The molecule has 1 saturated carbocycles. The molecule has 1 aromatic heterocycles. The highest BCUT2D eigenvalue weighted by Crippen LogP contribution is 2.57. The summed E-state index contributed by atoms with van der Waals surface area (Å²) < 4.78 is 5.03. The highest BCUT2D eigenvalue weighted by Gasteiger charge is 2.53. The minimum atomic E-state index is 0.494. The molecule has 1 N–H and O–H groups in total. The lowest BCUT2D eigenvalue weighted by Crippen LogP contribution is -2.24. The van der Waals surface area contributed by atoms with Crippen LogP contribution in [0.1, 0.15) is 24.6 Å². The van der Waals surface area contributed by atoms with Crippen molar-refractivity contribution in [3.05, 3.63) is 22.4 Å². The molecular formula is C13H21NOS. The molecule has 0 aliphatic heterocycles. The summed E-state index contributed by atoms with van der Waals surface area (Å²) in [5.41, 5.74) is 0.494. The molecule has 2 rings (SSSR count). The molecule has 90 valence electrons. The Morgan fingerprint density at radius 1 is 1.62 bits per heavy atom. The van der Waals surface area contributed by atoms with Gasteiger partial charge in [0.15, 0.2) is 0 Å². The molecule has 0 radical (unpaired) electrons. The maximum absolute atomic E-state index is 5.03. The fourth-order valence-corrected chi connectivity index (χ4v) is 3.66. The summed E-state index contributed by atoms with van der Waals surface area (Å²) in [6.45, 7) is 5.23. The van der Waals surface area contributed by atoms with Gasteiger partial charge in [0, 0.05) is 23.9 Å². The Bertz CT molecular complexity index is 312. The fraction of sp³-hybridized carbons (Fsp3) is 0.692. The average molecular weight is 239 g/mol. The molecule has 0 aromatic carbocycles. The Hall–Kier alpha value is -0.380. The number of nitrogens with one attached hydrogen (secondary N) is 1. The SMILES string of the molecule is CCC1(c2cccs2)CC1CNCCOC. The van der Waals surface area contributed by atoms with Crippen molar-refractivity contribution in [2.45, 2.75) is 25.2 Å². The molecule has 1 heterocycles. The maximum Gasteiger partial charge on any atom is 0.0587 e. The Labute approximate surface area is 102 Å². The van der Waals surface area contributed by atoms with Gasteiger partial charge in [0.05, 0.1) is 6.61 Å². The van der Waals surface area contributed by atoms with Crippen LogP contribution in [0.2, 0.25) is 0 Å². The van der Waals surface area contributed by atoms with E-state index in [-0.39, 0.29) is 0 Å². The minimum absolute atomic E-state index is 0.494. The summed E-state index contributed by atoms with van der Waals surface area (Å²) in [6, 6.07) is 4.47. The number of hydrogen-bond donors (Lipinski definition) is 1. The van der Waals surface area contributed by atoms with Gasteiger partial charge in [-0.05, 0) is 36.8 Å². The molecule has 0 amide bonds. The molecule has 2 unspecified atom stereocenters. The van der Waals surface area contributed by atoms with Gasteiger partial charge in [0.25, 0.3) is 0 Å². The first kappa shape index (κ1) is 12.1. The lowest BCUT2D eigenvalue weighted by atomic mass is 9.98. The summed E-state index contributed by atoms with van der Waals surface area (Å²) in [4.78, 5) is 1.58. The van der Waals surface area contributed by atoms with Crippen molar-refractivity contribution in [2.24, 2.45) is 5.92 Å². The number of hydrogen-bond acceptors (Lipinski definition) is 3. The second-order valence-corrected chi connectivity index (χ2v) is 5.53. The van der Waals surface area contributed by atoms with Crippen LogP contribution in [0.15, 0.2) is 17.5 Å². The van der Waals surface area contributed by atoms with Crippen LogP contribution in [-0.4, -0.2) is 26.8 Å². The van der Waals surface area contributed by atoms with E-state index in [1.165, 1.54) is 12.8 Å². The summed E-state index contributed by atoms with van der Waals surface area (Å²) in [7, 11) is 1.75. The first-order chi connectivity index (χ1) is 7.83. The van der Waals surface area contributed by atoms with Gasteiger partial charge in [0.2, 0.25) is 0 Å². The second kappa shape index (κ2) is 5.30. The molecule has 1 fully saturated rings. The Morgan fingerprint density at radius 3 is 3.12 bits per heavy atom. The van der Waals surface area contributed by atoms with E-state index in [2.05, 4.69) is 29.8 Å². The zero-order valence-electron chi connectivity index (χ0n) is 10.2. The van der Waals surface area contributed by atoms with Crippen molar-refractivity contribution in [3.63, 3.8) is 0 Å². The third-order valence-electron chi connectivity index (χ3n) is 3.75. The highest BCUT2D eigenvalue weighted by atomic mass is 32.1. The first-order valence-electron chi connectivity index (χ1n) is 6.07. The predicted molar refractivity (Wildman–Crippen MR) is 69.1 cm³/mol. The van der Waals surface area contributed by atoms with Gasteiger partial charge in [-0.1, -0.05) is 13.0 Å². The van der Waals surface area contributed by atoms with Crippen molar-refractivity contribution in [2.75, 3.05) is 26.8 Å². The zero-order valence-corrected chi connectivity index (χ0v) is 11.0. The molecule has 0 spiro atoms. The number of ether oxygens (including phenoxy) is 1. The number of methoxy groups -OCH3 is 1. The average Bonchev–Trinajstić information content (AvgIpc) is 2.76. The van der Waals surface area contributed by atoms with Crippen LogP contribution >= 0.6 is 11.3 Å². The molecule has 0 bridgehead atoms. The molecule has 16 heavy (non-hydrogen) atoms. The fourth-order valence-electron chi connectivity index (χ4n) is 2.57. The molecule has 1 aromatic rings. The highest BCUT2D eigenvalue weighted by molar-refractivity contribution is 7.10. The van der Waals surface area contributed by atoms with Gasteiger partial charge in [-0.3, -0.25) is 0 Å². The largest absolute Gasteiger partial charge is 0.383 e. The third kappa shape index (κ3) is 2.31. The van der Waals surface area contributed by atoms with E-state index < -0.39 is 0 Å². The van der Waals surface area contributed by atoms with E-state index >= 15 is 0 Å². The molecule has 2 atom stereocenters. The van der Waals surface area contributed by atoms with E-state index in [0.29, 0.717) is 5.41 Å². The van der Waals surface area contributed by atoms with Crippen LogP contribution < -0.4 is 5.32 Å². The quantitative estimate of drug-likeness (QED) is 0.739. The van der Waals surface area contributed by atoms with Gasteiger partial charge in [-0.15, -0.1) is 11.3 Å². The molecule has 0 saturated heterocycles. The minimum Gasteiger partial charge on any atom is -0.383 e. The number of thiophene rings is 1. The van der Waals surface area contributed by atoms with Crippen LogP contribution in [0.4, 0.5) is 0 Å². The van der Waals surface area contributed by atoms with Crippen LogP contribution in [-0.2, 0) is 10.2 Å². The summed E-state index contributed by atoms with van der Waals surface area (Å²) in [6.07, 6.45) is 2.62. The van der Waals surface area contributed by atoms with Crippen molar-refractivity contribution in [3.8, 4) is 0 Å². The first-order valence-corrected chi connectivity index (χ1v) is 6.95. The van der Waals surface area contributed by atoms with E-state index in [9.17, 15) is 0 Å². The predicted octanol–water partition coefficient (Wildman–Crippen LogP) is 2.65. The second-order valence-electron chi connectivity index (χ2n) is 4.58. The van der Waals surface area contributed by atoms with E-state index in [1.54, 1.807) is 12.0 Å². The van der Waals surface area contributed by atoms with E-state index in [0.717, 1.165) is 25.6 Å². The summed E-state index contributed by atoms with van der Waals surface area (Å²) in [5, 5.41) is 5.67. The molecule has 1 aliphatic carbocycles. The Kier molecular flexibility index (Phi) is 4.00. The Balaban J connectivity index is 1.82. The van der Waals surface area contributed by atoms with Gasteiger partial charge >= 0.3 is 0 Å². The number of rotatable bonds is 7. The van der Waals surface area contributed by atoms with Crippen LogP contribution in [0, 0.1) is 5.92 Å². The smallest absolute Gasteiger partial charge is 0.0587 e. The van der Waals surface area contributed by atoms with Crippen molar-refractivity contribution in [1.29, 1.82) is 0 Å². The topological polar surface area (TPSA) is 21.3 Å². The molecular weight excluding hydrogens is 218 g/mol. The zero-order chi connectivity index (χ0) is 11.4. The monoisotopic (exact) mass is 239 g/mol. The Morgan fingerprint density at radius 2 is 2.50 bits per heavy atom. The van der Waals surface area contributed by atoms with Crippen molar-refractivity contribution >= 4 is 11.3 Å².